The van der Waals surface area contributed by atoms with Crippen LogP contribution in [0.2, 0.25) is 5.02 Å². The summed E-state index contributed by atoms with van der Waals surface area (Å²) >= 11 is 5.87. The molecular formula is C21H21ClFN3O3. The molecule has 2 atom stereocenters. The highest BCUT2D eigenvalue weighted by molar-refractivity contribution is 6.30. The number of halogens is 2. The number of hydrogen-bond donors (Lipinski definition) is 1. The van der Waals surface area contributed by atoms with E-state index in [1.165, 1.54) is 11.0 Å². The summed E-state index contributed by atoms with van der Waals surface area (Å²) in [5.41, 5.74) is 1.94. The number of nitrogens with one attached hydrogen (secondary N) is 1. The van der Waals surface area contributed by atoms with Crippen LogP contribution in [0.3, 0.4) is 0 Å². The van der Waals surface area contributed by atoms with Gasteiger partial charge in [-0.15, -0.1) is 0 Å². The molecule has 0 aromatic heterocycles. The minimum absolute atomic E-state index is 0.281. The molecule has 0 bridgehead atoms. The minimum Gasteiger partial charge on any atom is -0.438 e. The van der Waals surface area contributed by atoms with E-state index in [9.17, 15) is 9.18 Å². The van der Waals surface area contributed by atoms with E-state index in [-0.39, 0.29) is 12.6 Å². The van der Waals surface area contributed by atoms with Gasteiger partial charge in [-0.1, -0.05) is 29.8 Å². The normalized spacial score (nSPS) is 22.3. The van der Waals surface area contributed by atoms with Gasteiger partial charge in [0, 0.05) is 29.9 Å². The van der Waals surface area contributed by atoms with E-state index in [1.54, 1.807) is 30.5 Å². The van der Waals surface area contributed by atoms with Crippen LogP contribution in [0.25, 0.3) is 0 Å². The molecule has 4 rings (SSSR count). The summed E-state index contributed by atoms with van der Waals surface area (Å²) < 4.78 is 25.5. The molecule has 29 heavy (non-hydrogen) atoms. The van der Waals surface area contributed by atoms with Crippen LogP contribution in [0.4, 0.5) is 14.9 Å². The maximum atomic E-state index is 14.6. The number of aliphatic imine (C=N–C) groups is 1. The van der Waals surface area contributed by atoms with Crippen LogP contribution in [0.15, 0.2) is 47.5 Å². The van der Waals surface area contributed by atoms with Crippen LogP contribution < -0.4 is 10.2 Å². The number of anilines is 1. The smallest absolute Gasteiger partial charge is 0.415 e. The first-order chi connectivity index (χ1) is 14.1. The lowest BCUT2D eigenvalue weighted by Gasteiger charge is -2.25. The van der Waals surface area contributed by atoms with Crippen LogP contribution in [0.1, 0.15) is 17.2 Å². The predicted molar refractivity (Wildman–Crippen MR) is 109 cm³/mol. The van der Waals surface area contributed by atoms with Gasteiger partial charge >= 0.3 is 6.09 Å². The number of carbonyl (C=O) groups excluding carboxylic acids is 1. The number of morpholine rings is 1. The van der Waals surface area contributed by atoms with E-state index in [0.717, 1.165) is 12.1 Å². The Morgan fingerprint density at radius 2 is 2.10 bits per heavy atom. The first kappa shape index (κ1) is 19.8. The van der Waals surface area contributed by atoms with E-state index in [2.05, 4.69) is 10.3 Å². The van der Waals surface area contributed by atoms with Crippen molar-refractivity contribution < 1.29 is 18.7 Å². The van der Waals surface area contributed by atoms with Crippen molar-refractivity contribution >= 4 is 29.6 Å². The monoisotopic (exact) mass is 417 g/mol. The molecule has 1 amide bonds. The zero-order chi connectivity index (χ0) is 20.2. The lowest BCUT2D eigenvalue weighted by atomic mass is 10.1. The van der Waals surface area contributed by atoms with Gasteiger partial charge in [-0.2, -0.15) is 0 Å². The van der Waals surface area contributed by atoms with Gasteiger partial charge in [0.15, 0.2) is 6.10 Å². The summed E-state index contributed by atoms with van der Waals surface area (Å²) in [5, 5.41) is 3.85. The van der Waals surface area contributed by atoms with Crippen molar-refractivity contribution in [2.24, 2.45) is 4.99 Å². The van der Waals surface area contributed by atoms with Crippen molar-refractivity contribution in [1.29, 1.82) is 0 Å². The summed E-state index contributed by atoms with van der Waals surface area (Å²) in [6, 6.07) is 12.1. The van der Waals surface area contributed by atoms with Gasteiger partial charge in [-0.05, 0) is 29.8 Å². The standard InChI is InChI=1S/C21H21ClFN3O3/c22-15-3-1-14(2-4-15)10-25-11-17-13-26(21(27)29-17)16-5-6-18(19(23)9-16)20-12-24-7-8-28-20/h1-6,9,11,17,20,24H,7-8,10,12-13H2. The summed E-state index contributed by atoms with van der Waals surface area (Å²) in [4.78, 5) is 18.0. The molecule has 2 aliphatic rings. The van der Waals surface area contributed by atoms with Crippen LogP contribution >= 0.6 is 11.6 Å². The van der Waals surface area contributed by atoms with Crippen molar-refractivity contribution in [2.75, 3.05) is 31.1 Å². The summed E-state index contributed by atoms with van der Waals surface area (Å²) in [7, 11) is 0. The second-order valence-electron chi connectivity index (χ2n) is 6.92. The Labute approximate surface area is 173 Å². The second-order valence-corrected chi connectivity index (χ2v) is 7.35. The third-order valence-corrected chi connectivity index (χ3v) is 5.12. The number of cyclic esters (lactones) is 1. The fourth-order valence-electron chi connectivity index (χ4n) is 3.35. The molecule has 2 aromatic carbocycles. The summed E-state index contributed by atoms with van der Waals surface area (Å²) in [5.74, 6) is -0.399. The minimum atomic E-state index is -0.518. The molecule has 0 radical (unpaired) electrons. The molecular weight excluding hydrogens is 397 g/mol. The van der Waals surface area contributed by atoms with Crippen LogP contribution in [0, 0.1) is 5.82 Å². The highest BCUT2D eigenvalue weighted by Gasteiger charge is 2.32. The fourth-order valence-corrected chi connectivity index (χ4v) is 3.47. The Balaban J connectivity index is 1.39. The SMILES string of the molecule is O=C1OC(C=NCc2ccc(Cl)cc2)CN1c1ccc(C2CNCCO2)c(F)c1. The van der Waals surface area contributed by atoms with Crippen molar-refractivity contribution in [2.45, 2.75) is 18.8 Å². The topological polar surface area (TPSA) is 63.2 Å². The number of rotatable bonds is 5. The Hall–Kier alpha value is -2.48. The lowest BCUT2D eigenvalue weighted by Crippen LogP contribution is -2.33. The zero-order valence-electron chi connectivity index (χ0n) is 15.7. The number of carbonyl (C=O) groups is 1. The predicted octanol–water partition coefficient (Wildman–Crippen LogP) is 3.74. The Bertz CT molecular complexity index is 901. The van der Waals surface area contributed by atoms with Crippen molar-refractivity contribution in [3.05, 3.63) is 64.4 Å². The van der Waals surface area contributed by atoms with Crippen molar-refractivity contribution in [3.8, 4) is 0 Å². The maximum absolute atomic E-state index is 14.6. The van der Waals surface area contributed by atoms with E-state index >= 15 is 0 Å². The number of amides is 1. The van der Waals surface area contributed by atoms with E-state index in [1.807, 2.05) is 12.1 Å². The van der Waals surface area contributed by atoms with Crippen LogP contribution in [0.5, 0.6) is 0 Å². The molecule has 2 fully saturated rings. The van der Waals surface area contributed by atoms with E-state index < -0.39 is 18.0 Å². The van der Waals surface area contributed by atoms with Gasteiger partial charge in [0.25, 0.3) is 0 Å². The molecule has 2 aromatic rings. The van der Waals surface area contributed by atoms with Gasteiger partial charge in [0.2, 0.25) is 0 Å². The molecule has 2 saturated heterocycles. The van der Waals surface area contributed by atoms with E-state index in [4.69, 9.17) is 21.1 Å². The maximum Gasteiger partial charge on any atom is 0.415 e. The average Bonchev–Trinajstić information content (AvgIpc) is 3.10. The molecule has 1 N–H and O–H groups in total. The van der Waals surface area contributed by atoms with Crippen LogP contribution in [-0.4, -0.2) is 44.7 Å². The van der Waals surface area contributed by atoms with Gasteiger partial charge in [-0.3, -0.25) is 9.89 Å². The first-order valence-corrected chi connectivity index (χ1v) is 9.82. The molecule has 2 heterocycles. The van der Waals surface area contributed by atoms with Crippen molar-refractivity contribution in [3.63, 3.8) is 0 Å². The molecule has 152 valence electrons. The first-order valence-electron chi connectivity index (χ1n) is 9.44. The fraction of sp³-hybridized carbons (Fsp3) is 0.333. The summed E-state index contributed by atoms with van der Waals surface area (Å²) in [6.07, 6.45) is 0.286. The van der Waals surface area contributed by atoms with Crippen molar-refractivity contribution in [1.82, 2.24) is 5.32 Å². The highest BCUT2D eigenvalue weighted by Crippen LogP contribution is 2.28. The third-order valence-electron chi connectivity index (χ3n) is 4.86. The lowest BCUT2D eigenvalue weighted by molar-refractivity contribution is 0.0255. The van der Waals surface area contributed by atoms with Gasteiger partial charge in [0.05, 0.1) is 31.5 Å². The Kier molecular flexibility index (Phi) is 6.08. The molecule has 2 aliphatic heterocycles. The Morgan fingerprint density at radius 1 is 1.28 bits per heavy atom. The zero-order valence-corrected chi connectivity index (χ0v) is 16.4. The highest BCUT2D eigenvalue weighted by atomic mass is 35.5. The van der Waals surface area contributed by atoms with Gasteiger partial charge < -0.3 is 14.8 Å². The second kappa shape index (κ2) is 8.90. The number of benzene rings is 2. The molecule has 8 heteroatoms. The number of ether oxygens (including phenoxy) is 2. The number of hydrogen-bond acceptors (Lipinski definition) is 5. The van der Waals surface area contributed by atoms with Crippen LogP contribution in [-0.2, 0) is 16.0 Å². The summed E-state index contributed by atoms with van der Waals surface area (Å²) in [6.45, 7) is 2.61. The van der Waals surface area contributed by atoms with Gasteiger partial charge in [-0.25, -0.2) is 9.18 Å². The molecule has 6 nitrogen and oxygen atoms in total. The third kappa shape index (κ3) is 4.75. The quantitative estimate of drug-likeness (QED) is 0.753. The molecule has 0 spiro atoms. The number of nitrogens with zero attached hydrogens (tertiary/aromatic N) is 2. The Morgan fingerprint density at radius 3 is 2.83 bits per heavy atom. The molecule has 0 aliphatic carbocycles. The van der Waals surface area contributed by atoms with Gasteiger partial charge in [0.1, 0.15) is 5.82 Å². The van der Waals surface area contributed by atoms with E-state index in [0.29, 0.717) is 36.0 Å². The largest absolute Gasteiger partial charge is 0.438 e. The molecule has 0 saturated carbocycles. The molecule has 2 unspecified atom stereocenters. The average molecular weight is 418 g/mol.